The van der Waals surface area contributed by atoms with Crippen LogP contribution in [0.1, 0.15) is 52.4 Å². The van der Waals surface area contributed by atoms with E-state index in [1.54, 1.807) is 0 Å². The predicted molar refractivity (Wildman–Crippen MR) is 84.5 cm³/mol. The number of ketones is 2. The molecule has 4 heteroatoms. The van der Waals surface area contributed by atoms with E-state index in [-0.39, 0.29) is 28.8 Å². The highest BCUT2D eigenvalue weighted by atomic mass is 16.3. The molecule has 0 bridgehead atoms. The van der Waals surface area contributed by atoms with Gasteiger partial charge in [-0.15, -0.1) is 0 Å². The fraction of sp³-hybridized carbons (Fsp3) is 0.789. The minimum Gasteiger partial charge on any atom is -0.390 e. The summed E-state index contributed by atoms with van der Waals surface area (Å²) in [4.78, 5) is 24.9. The number of hydrogen-bond donors (Lipinski definition) is 2. The maximum Gasteiger partial charge on any atom is 0.162 e. The van der Waals surface area contributed by atoms with E-state index in [4.69, 9.17) is 0 Å². The normalized spacial score (nSPS) is 52.5. The Kier molecular flexibility index (Phi) is 3.21. The summed E-state index contributed by atoms with van der Waals surface area (Å²) >= 11 is 0. The van der Waals surface area contributed by atoms with Crippen LogP contribution in [0.15, 0.2) is 11.6 Å². The van der Waals surface area contributed by atoms with Gasteiger partial charge in [0.2, 0.25) is 0 Å². The Balaban J connectivity index is 1.76. The highest BCUT2D eigenvalue weighted by Crippen LogP contribution is 2.62. The van der Waals surface area contributed by atoms with Crippen molar-refractivity contribution in [2.45, 2.75) is 64.6 Å². The Morgan fingerprint density at radius 1 is 1.09 bits per heavy atom. The van der Waals surface area contributed by atoms with Crippen LogP contribution in [0.4, 0.5) is 0 Å². The summed E-state index contributed by atoms with van der Waals surface area (Å²) < 4.78 is 0. The van der Waals surface area contributed by atoms with Gasteiger partial charge in [-0.25, -0.2) is 0 Å². The number of allylic oxidation sites excluding steroid dienone is 2. The number of fused-ring (bicyclic) bond motifs is 5. The van der Waals surface area contributed by atoms with Crippen LogP contribution >= 0.6 is 0 Å². The second-order valence-electron chi connectivity index (χ2n) is 8.78. The van der Waals surface area contributed by atoms with Crippen molar-refractivity contribution in [3.8, 4) is 0 Å². The molecule has 4 nitrogen and oxygen atoms in total. The van der Waals surface area contributed by atoms with E-state index in [0.717, 1.165) is 18.4 Å². The SMILES string of the molecule is C[C@]12C[C@@H](O)[C@H](O)C[C@@H]1CC[C@@H]1C2=CC(=O)[C@@]2(C)CC(=O)C[C@H]12. The highest BCUT2D eigenvalue weighted by molar-refractivity contribution is 6.02. The molecule has 126 valence electrons. The lowest BCUT2D eigenvalue weighted by molar-refractivity contribution is -0.130. The average Bonchev–Trinajstić information content (AvgIpc) is 2.78. The van der Waals surface area contributed by atoms with E-state index in [1.807, 2.05) is 13.0 Å². The number of carbonyl (C=O) groups is 2. The molecule has 0 aromatic carbocycles. The molecule has 3 fully saturated rings. The lowest BCUT2D eigenvalue weighted by Crippen LogP contribution is -2.53. The molecular weight excluding hydrogens is 292 g/mol. The summed E-state index contributed by atoms with van der Waals surface area (Å²) in [6, 6.07) is 0. The van der Waals surface area contributed by atoms with Crippen molar-refractivity contribution in [1.29, 1.82) is 0 Å². The molecule has 4 aliphatic carbocycles. The van der Waals surface area contributed by atoms with Crippen molar-refractivity contribution in [1.82, 2.24) is 0 Å². The summed E-state index contributed by atoms with van der Waals surface area (Å²) in [5.41, 5.74) is 0.424. The molecular formula is C19H26O4. The minimum absolute atomic E-state index is 0.0992. The molecule has 0 unspecified atom stereocenters. The van der Waals surface area contributed by atoms with Gasteiger partial charge < -0.3 is 10.2 Å². The molecule has 0 aromatic rings. The largest absolute Gasteiger partial charge is 0.390 e. The molecule has 7 atom stereocenters. The monoisotopic (exact) mass is 318 g/mol. The Labute approximate surface area is 137 Å². The van der Waals surface area contributed by atoms with Crippen LogP contribution < -0.4 is 0 Å². The third-order valence-electron chi connectivity index (χ3n) is 7.55. The van der Waals surface area contributed by atoms with Crippen LogP contribution in [-0.2, 0) is 9.59 Å². The first-order chi connectivity index (χ1) is 10.8. The molecule has 0 aromatic heterocycles. The smallest absolute Gasteiger partial charge is 0.162 e. The number of hydrogen-bond acceptors (Lipinski definition) is 4. The van der Waals surface area contributed by atoms with Crippen molar-refractivity contribution in [2.24, 2.45) is 28.6 Å². The van der Waals surface area contributed by atoms with Gasteiger partial charge in [0.1, 0.15) is 5.78 Å². The van der Waals surface area contributed by atoms with Crippen LogP contribution in [0.25, 0.3) is 0 Å². The first kappa shape index (κ1) is 15.5. The zero-order valence-electron chi connectivity index (χ0n) is 13.9. The first-order valence-corrected chi connectivity index (χ1v) is 8.90. The Morgan fingerprint density at radius 2 is 1.83 bits per heavy atom. The van der Waals surface area contributed by atoms with E-state index in [9.17, 15) is 19.8 Å². The standard InChI is InChI=1S/C19H26O4/c1-18-9-16(22)15(21)5-10(18)3-4-12-13-6-11(20)8-19(13,2)17(23)7-14(12)18/h7,10,12-13,15-16,21-22H,3-6,8-9H2,1-2H3/t10-,12-,13+,15+,16+,18-,19-/m0/s1. The van der Waals surface area contributed by atoms with Gasteiger partial charge in [-0.05, 0) is 54.9 Å². The van der Waals surface area contributed by atoms with Crippen molar-refractivity contribution >= 4 is 11.6 Å². The van der Waals surface area contributed by atoms with Gasteiger partial charge in [0.05, 0.1) is 12.2 Å². The van der Waals surface area contributed by atoms with Crippen molar-refractivity contribution in [3.05, 3.63) is 11.6 Å². The molecule has 0 saturated heterocycles. The molecule has 4 rings (SSSR count). The molecule has 0 heterocycles. The number of aliphatic hydroxyl groups excluding tert-OH is 2. The summed E-state index contributed by atoms with van der Waals surface area (Å²) in [7, 11) is 0. The second kappa shape index (κ2) is 4.76. The van der Waals surface area contributed by atoms with E-state index >= 15 is 0 Å². The van der Waals surface area contributed by atoms with Crippen LogP contribution in [-0.4, -0.2) is 34.0 Å². The quantitative estimate of drug-likeness (QED) is 0.717. The molecule has 0 amide bonds. The summed E-state index contributed by atoms with van der Waals surface area (Å²) in [5.74, 6) is 1.05. The van der Waals surface area contributed by atoms with E-state index in [0.29, 0.717) is 31.6 Å². The Hall–Kier alpha value is -1.00. The van der Waals surface area contributed by atoms with Crippen molar-refractivity contribution < 1.29 is 19.8 Å². The van der Waals surface area contributed by atoms with Crippen molar-refractivity contribution in [3.63, 3.8) is 0 Å². The molecule has 0 spiro atoms. The van der Waals surface area contributed by atoms with E-state index in [1.165, 1.54) is 0 Å². The third kappa shape index (κ3) is 1.97. The van der Waals surface area contributed by atoms with Crippen LogP contribution in [0.2, 0.25) is 0 Å². The summed E-state index contributed by atoms with van der Waals surface area (Å²) in [6.07, 6.45) is 4.49. The number of carbonyl (C=O) groups excluding carboxylic acids is 2. The zero-order valence-corrected chi connectivity index (χ0v) is 13.9. The van der Waals surface area contributed by atoms with Crippen LogP contribution in [0.3, 0.4) is 0 Å². The maximum absolute atomic E-state index is 12.8. The number of Topliss-reactive ketones (excluding diaryl/α,β-unsaturated/α-hetero) is 1. The van der Waals surface area contributed by atoms with Crippen LogP contribution in [0, 0.1) is 28.6 Å². The summed E-state index contributed by atoms with van der Waals surface area (Å²) in [6.45, 7) is 4.11. The maximum atomic E-state index is 12.8. The van der Waals surface area contributed by atoms with Gasteiger partial charge in [-0.2, -0.15) is 0 Å². The fourth-order valence-electron chi connectivity index (χ4n) is 6.13. The van der Waals surface area contributed by atoms with Crippen LogP contribution in [0.5, 0.6) is 0 Å². The highest BCUT2D eigenvalue weighted by Gasteiger charge is 2.59. The molecule has 0 radical (unpaired) electrons. The topological polar surface area (TPSA) is 74.6 Å². The molecule has 23 heavy (non-hydrogen) atoms. The number of aliphatic hydroxyl groups is 2. The van der Waals surface area contributed by atoms with E-state index in [2.05, 4.69) is 6.92 Å². The van der Waals surface area contributed by atoms with Gasteiger partial charge >= 0.3 is 0 Å². The predicted octanol–water partition coefficient (Wildman–Crippen LogP) is 2.03. The second-order valence-corrected chi connectivity index (χ2v) is 8.78. The van der Waals surface area contributed by atoms with Crippen molar-refractivity contribution in [2.75, 3.05) is 0 Å². The van der Waals surface area contributed by atoms with Gasteiger partial charge in [0.15, 0.2) is 5.78 Å². The Bertz CT molecular complexity index is 608. The third-order valence-corrected chi connectivity index (χ3v) is 7.55. The zero-order chi connectivity index (χ0) is 16.6. The molecule has 2 N–H and O–H groups in total. The van der Waals surface area contributed by atoms with Gasteiger partial charge in [0, 0.05) is 18.3 Å². The lowest BCUT2D eigenvalue weighted by Gasteiger charge is -2.56. The molecule has 0 aliphatic heterocycles. The lowest BCUT2D eigenvalue weighted by atomic mass is 9.49. The minimum atomic E-state index is -0.718. The molecule has 3 saturated carbocycles. The molecule has 4 aliphatic rings. The van der Waals surface area contributed by atoms with Gasteiger partial charge in [-0.1, -0.05) is 19.4 Å². The fourth-order valence-corrected chi connectivity index (χ4v) is 6.13. The van der Waals surface area contributed by atoms with Gasteiger partial charge in [0.25, 0.3) is 0 Å². The van der Waals surface area contributed by atoms with E-state index < -0.39 is 17.6 Å². The number of rotatable bonds is 0. The first-order valence-electron chi connectivity index (χ1n) is 8.90. The average molecular weight is 318 g/mol. The Morgan fingerprint density at radius 3 is 2.57 bits per heavy atom. The van der Waals surface area contributed by atoms with Gasteiger partial charge in [-0.3, -0.25) is 9.59 Å². The summed E-state index contributed by atoms with van der Waals surface area (Å²) in [5, 5.41) is 20.2.